The number of hydrogen-bond donors (Lipinski definition) is 3. The summed E-state index contributed by atoms with van der Waals surface area (Å²) in [5.41, 5.74) is 2.14. The van der Waals surface area contributed by atoms with Crippen molar-refractivity contribution >= 4 is 29.0 Å². The molecule has 1 heterocycles. The van der Waals surface area contributed by atoms with Gasteiger partial charge < -0.3 is 16.0 Å². The topological polar surface area (TPSA) is 83.1 Å². The molecule has 0 aliphatic rings. The van der Waals surface area contributed by atoms with Crippen LogP contribution in [-0.2, 0) is 0 Å². The van der Waals surface area contributed by atoms with Crippen LogP contribution in [0.1, 0.15) is 10.5 Å². The van der Waals surface area contributed by atoms with Gasteiger partial charge >= 0.3 is 6.03 Å². The molecule has 0 saturated heterocycles. The number of nitrogens with zero attached hydrogens (tertiary/aromatic N) is 1. The van der Waals surface area contributed by atoms with Crippen LogP contribution in [0.5, 0.6) is 0 Å². The highest BCUT2D eigenvalue weighted by atomic mass is 16.2. The van der Waals surface area contributed by atoms with Gasteiger partial charge in [-0.25, -0.2) is 4.79 Å². The zero-order valence-corrected chi connectivity index (χ0v) is 13.3. The number of para-hydroxylation sites is 1. The number of amides is 3. The van der Waals surface area contributed by atoms with Gasteiger partial charge in [-0.1, -0.05) is 30.3 Å². The molecule has 0 aliphatic heterocycles. The van der Waals surface area contributed by atoms with E-state index in [4.69, 9.17) is 0 Å². The van der Waals surface area contributed by atoms with Gasteiger partial charge in [-0.05, 0) is 42.5 Å². The van der Waals surface area contributed by atoms with Crippen molar-refractivity contribution in [2.24, 2.45) is 0 Å². The highest BCUT2D eigenvalue weighted by molar-refractivity contribution is 6.04. The Balaban J connectivity index is 1.63. The zero-order chi connectivity index (χ0) is 17.5. The predicted octanol–water partition coefficient (Wildman–Crippen LogP) is 3.98. The van der Waals surface area contributed by atoms with E-state index < -0.39 is 0 Å². The summed E-state index contributed by atoms with van der Waals surface area (Å²) >= 11 is 0. The first-order valence-electron chi connectivity index (χ1n) is 7.66. The van der Waals surface area contributed by atoms with E-state index in [2.05, 4.69) is 20.9 Å². The second kappa shape index (κ2) is 7.74. The summed E-state index contributed by atoms with van der Waals surface area (Å²) in [6.45, 7) is 0. The predicted molar refractivity (Wildman–Crippen MR) is 97.7 cm³/mol. The van der Waals surface area contributed by atoms with Crippen molar-refractivity contribution in [3.8, 4) is 0 Å². The summed E-state index contributed by atoms with van der Waals surface area (Å²) in [6, 6.07) is 20.8. The van der Waals surface area contributed by atoms with Gasteiger partial charge in [-0.3, -0.25) is 9.78 Å². The van der Waals surface area contributed by atoms with Crippen LogP contribution in [0.15, 0.2) is 79.0 Å². The first-order chi connectivity index (χ1) is 12.2. The third-order valence-corrected chi connectivity index (χ3v) is 3.31. The number of urea groups is 1. The van der Waals surface area contributed by atoms with Crippen molar-refractivity contribution in [2.45, 2.75) is 0 Å². The molecular formula is C19H16N4O2. The van der Waals surface area contributed by atoms with Crippen LogP contribution >= 0.6 is 0 Å². The lowest BCUT2D eigenvalue weighted by atomic mass is 10.2. The summed E-state index contributed by atoms with van der Waals surface area (Å²) in [4.78, 5) is 28.1. The minimum atomic E-state index is -0.362. The lowest BCUT2D eigenvalue weighted by molar-refractivity contribution is 0.102. The summed E-state index contributed by atoms with van der Waals surface area (Å²) in [7, 11) is 0. The van der Waals surface area contributed by atoms with Gasteiger partial charge in [-0.2, -0.15) is 0 Å². The molecule has 1 aromatic heterocycles. The van der Waals surface area contributed by atoms with Gasteiger partial charge in [0.25, 0.3) is 5.91 Å². The Hall–Kier alpha value is -3.67. The first kappa shape index (κ1) is 16.2. The van der Waals surface area contributed by atoms with Crippen LogP contribution in [0.3, 0.4) is 0 Å². The smallest absolute Gasteiger partial charge is 0.321 e. The third kappa shape index (κ3) is 4.65. The van der Waals surface area contributed by atoms with Crippen LogP contribution in [-0.4, -0.2) is 16.9 Å². The zero-order valence-electron chi connectivity index (χ0n) is 13.3. The van der Waals surface area contributed by atoms with Crippen molar-refractivity contribution in [2.75, 3.05) is 16.0 Å². The Morgan fingerprint density at radius 3 is 2.04 bits per heavy atom. The molecule has 124 valence electrons. The minimum absolute atomic E-state index is 0.313. The maximum Gasteiger partial charge on any atom is 0.323 e. The average molecular weight is 332 g/mol. The summed E-state index contributed by atoms with van der Waals surface area (Å²) in [5, 5.41) is 8.20. The van der Waals surface area contributed by atoms with E-state index in [1.54, 1.807) is 60.8 Å². The Morgan fingerprint density at radius 1 is 0.680 bits per heavy atom. The first-order valence-corrected chi connectivity index (χ1v) is 7.66. The molecule has 2 aromatic carbocycles. The molecule has 3 rings (SSSR count). The second-order valence-electron chi connectivity index (χ2n) is 5.20. The number of anilines is 3. The van der Waals surface area contributed by atoms with E-state index in [-0.39, 0.29) is 11.9 Å². The molecule has 6 heteroatoms. The van der Waals surface area contributed by atoms with Gasteiger partial charge in [-0.15, -0.1) is 0 Å². The number of benzene rings is 2. The van der Waals surface area contributed by atoms with Crippen molar-refractivity contribution in [3.05, 3.63) is 84.7 Å². The highest BCUT2D eigenvalue weighted by Gasteiger charge is 2.08. The standard InChI is InChI=1S/C19H16N4O2/c24-18(17-11-4-5-12-20-17)21-15-9-6-10-16(13-15)23-19(25)22-14-7-2-1-3-8-14/h1-13H,(H,21,24)(H2,22,23,25). The lowest BCUT2D eigenvalue weighted by Gasteiger charge is -2.10. The molecule has 3 aromatic rings. The fraction of sp³-hybridized carbons (Fsp3) is 0. The normalized spacial score (nSPS) is 9.92. The summed E-state index contributed by atoms with van der Waals surface area (Å²) < 4.78 is 0. The number of carbonyl (C=O) groups is 2. The van der Waals surface area contributed by atoms with Gasteiger partial charge in [0.05, 0.1) is 0 Å². The van der Waals surface area contributed by atoms with Crippen LogP contribution in [0.2, 0.25) is 0 Å². The Kier molecular flexibility index (Phi) is 5.01. The van der Waals surface area contributed by atoms with E-state index in [1.165, 1.54) is 0 Å². The molecule has 0 bridgehead atoms. The molecule has 0 radical (unpaired) electrons. The van der Waals surface area contributed by atoms with Gasteiger partial charge in [0.15, 0.2) is 0 Å². The molecule has 0 fully saturated rings. The SMILES string of the molecule is O=C(Nc1ccccc1)Nc1cccc(NC(=O)c2ccccn2)c1. The van der Waals surface area contributed by atoms with E-state index in [9.17, 15) is 9.59 Å². The average Bonchev–Trinajstić information content (AvgIpc) is 2.63. The molecule has 3 N–H and O–H groups in total. The molecule has 3 amide bonds. The number of carbonyl (C=O) groups excluding carboxylic acids is 2. The van der Waals surface area contributed by atoms with E-state index in [0.717, 1.165) is 0 Å². The fourth-order valence-corrected chi connectivity index (χ4v) is 2.18. The van der Waals surface area contributed by atoms with E-state index in [0.29, 0.717) is 22.8 Å². The molecular weight excluding hydrogens is 316 g/mol. The summed E-state index contributed by atoms with van der Waals surface area (Å²) in [5.74, 6) is -0.313. The quantitative estimate of drug-likeness (QED) is 0.676. The van der Waals surface area contributed by atoms with Crippen LogP contribution < -0.4 is 16.0 Å². The van der Waals surface area contributed by atoms with E-state index in [1.807, 2.05) is 18.2 Å². The molecule has 0 atom stereocenters. The number of hydrogen-bond acceptors (Lipinski definition) is 3. The number of rotatable bonds is 4. The van der Waals surface area contributed by atoms with Crippen LogP contribution in [0, 0.1) is 0 Å². The van der Waals surface area contributed by atoms with Crippen molar-refractivity contribution in [3.63, 3.8) is 0 Å². The number of pyridine rings is 1. The maximum absolute atomic E-state index is 12.1. The van der Waals surface area contributed by atoms with Gasteiger partial charge in [0.2, 0.25) is 0 Å². The third-order valence-electron chi connectivity index (χ3n) is 3.31. The fourth-order valence-electron chi connectivity index (χ4n) is 2.18. The van der Waals surface area contributed by atoms with Gasteiger partial charge in [0, 0.05) is 23.3 Å². The minimum Gasteiger partial charge on any atom is -0.321 e. The molecule has 0 saturated carbocycles. The summed E-state index contributed by atoms with van der Waals surface area (Å²) in [6.07, 6.45) is 1.56. The van der Waals surface area contributed by atoms with Crippen molar-refractivity contribution in [1.29, 1.82) is 0 Å². The molecule has 0 unspecified atom stereocenters. The molecule has 0 aliphatic carbocycles. The van der Waals surface area contributed by atoms with Crippen molar-refractivity contribution in [1.82, 2.24) is 4.98 Å². The Labute approximate surface area is 144 Å². The molecule has 25 heavy (non-hydrogen) atoms. The Bertz CT molecular complexity index is 867. The highest BCUT2D eigenvalue weighted by Crippen LogP contribution is 2.16. The lowest BCUT2D eigenvalue weighted by Crippen LogP contribution is -2.19. The molecule has 6 nitrogen and oxygen atoms in total. The Morgan fingerprint density at radius 2 is 1.32 bits per heavy atom. The largest absolute Gasteiger partial charge is 0.323 e. The van der Waals surface area contributed by atoms with Crippen molar-refractivity contribution < 1.29 is 9.59 Å². The maximum atomic E-state index is 12.1. The number of nitrogens with one attached hydrogen (secondary N) is 3. The number of aromatic nitrogens is 1. The van der Waals surface area contributed by atoms with Crippen LogP contribution in [0.25, 0.3) is 0 Å². The second-order valence-corrected chi connectivity index (χ2v) is 5.20. The van der Waals surface area contributed by atoms with Gasteiger partial charge in [0.1, 0.15) is 5.69 Å². The van der Waals surface area contributed by atoms with Crippen LogP contribution in [0.4, 0.5) is 21.9 Å². The van der Waals surface area contributed by atoms with E-state index >= 15 is 0 Å². The molecule has 0 spiro atoms. The monoisotopic (exact) mass is 332 g/mol.